The van der Waals surface area contributed by atoms with Gasteiger partial charge in [0.05, 0.1) is 5.69 Å². The van der Waals surface area contributed by atoms with Crippen LogP contribution in [0.25, 0.3) is 11.0 Å². The van der Waals surface area contributed by atoms with Gasteiger partial charge in [-0.25, -0.2) is 9.97 Å². The Morgan fingerprint density at radius 3 is 2.95 bits per heavy atom. The van der Waals surface area contributed by atoms with E-state index < -0.39 is 0 Å². The molecule has 1 N–H and O–H groups in total. The standard InChI is InChI=1S/C17H23N3/c1-11(2)4-5-13-6-7-14(8-13)16-15-12(3)9-18-17(15)20-10-19-16/h6-7,9-11,13-14H,4-5,8H2,1-3H3,(H,18,19,20)/t13-,14?/m0/s1. The zero-order valence-electron chi connectivity index (χ0n) is 12.6. The number of allylic oxidation sites excluding steroid dienone is 2. The summed E-state index contributed by atoms with van der Waals surface area (Å²) in [6.07, 6.45) is 12.3. The van der Waals surface area contributed by atoms with Gasteiger partial charge in [0, 0.05) is 17.5 Å². The van der Waals surface area contributed by atoms with Gasteiger partial charge in [-0.3, -0.25) is 0 Å². The molecule has 0 saturated carbocycles. The van der Waals surface area contributed by atoms with Crippen molar-refractivity contribution in [2.24, 2.45) is 11.8 Å². The molecule has 2 aromatic heterocycles. The molecule has 2 atom stereocenters. The summed E-state index contributed by atoms with van der Waals surface area (Å²) in [7, 11) is 0. The molecule has 3 nitrogen and oxygen atoms in total. The summed E-state index contributed by atoms with van der Waals surface area (Å²) in [5.74, 6) is 1.96. The minimum absolute atomic E-state index is 0.451. The molecule has 1 aliphatic rings. The molecule has 0 amide bonds. The first kappa shape index (κ1) is 13.3. The molecule has 1 unspecified atom stereocenters. The van der Waals surface area contributed by atoms with Crippen molar-refractivity contribution in [3.05, 3.63) is 35.9 Å². The third-order valence-electron chi connectivity index (χ3n) is 4.33. The minimum Gasteiger partial charge on any atom is -0.346 e. The minimum atomic E-state index is 0.451. The van der Waals surface area contributed by atoms with Crippen LogP contribution in [0, 0.1) is 18.8 Å². The summed E-state index contributed by atoms with van der Waals surface area (Å²) in [5, 5.41) is 1.21. The van der Waals surface area contributed by atoms with Crippen molar-refractivity contribution in [2.75, 3.05) is 0 Å². The smallest absolute Gasteiger partial charge is 0.141 e. The Labute approximate surface area is 120 Å². The Bertz CT molecular complexity index is 624. The highest BCUT2D eigenvalue weighted by molar-refractivity contribution is 5.82. The van der Waals surface area contributed by atoms with Gasteiger partial charge in [-0.2, -0.15) is 0 Å². The first-order valence-corrected chi connectivity index (χ1v) is 7.62. The number of hydrogen-bond donors (Lipinski definition) is 1. The number of aryl methyl sites for hydroxylation is 1. The Morgan fingerprint density at radius 1 is 1.30 bits per heavy atom. The molecule has 0 saturated heterocycles. The second-order valence-corrected chi connectivity index (χ2v) is 6.41. The topological polar surface area (TPSA) is 41.6 Å². The van der Waals surface area contributed by atoms with Crippen molar-refractivity contribution >= 4 is 11.0 Å². The van der Waals surface area contributed by atoms with E-state index in [-0.39, 0.29) is 0 Å². The van der Waals surface area contributed by atoms with Crippen molar-refractivity contribution in [2.45, 2.75) is 46.0 Å². The molecule has 3 heteroatoms. The van der Waals surface area contributed by atoms with Crippen LogP contribution in [0.3, 0.4) is 0 Å². The van der Waals surface area contributed by atoms with Crippen molar-refractivity contribution in [1.29, 1.82) is 0 Å². The highest BCUT2D eigenvalue weighted by Gasteiger charge is 2.24. The predicted octanol–water partition coefficient (Wildman–Crippen LogP) is 4.36. The van der Waals surface area contributed by atoms with E-state index >= 15 is 0 Å². The molecule has 0 aromatic carbocycles. The van der Waals surface area contributed by atoms with Gasteiger partial charge < -0.3 is 4.98 Å². The average Bonchev–Trinajstić information content (AvgIpc) is 3.04. The molecular formula is C17H23N3. The third-order valence-corrected chi connectivity index (χ3v) is 4.33. The molecule has 0 bridgehead atoms. The van der Waals surface area contributed by atoms with Crippen molar-refractivity contribution in [3.8, 4) is 0 Å². The van der Waals surface area contributed by atoms with Crippen LogP contribution in [0.2, 0.25) is 0 Å². The van der Waals surface area contributed by atoms with Crippen LogP contribution < -0.4 is 0 Å². The number of hydrogen-bond acceptors (Lipinski definition) is 2. The fraction of sp³-hybridized carbons (Fsp3) is 0.529. The summed E-state index contributed by atoms with van der Waals surface area (Å²) in [6, 6.07) is 0. The molecule has 0 fully saturated rings. The molecule has 2 aromatic rings. The SMILES string of the molecule is Cc1c[nH]c2ncnc(C3C=C[C@H](CCC(C)C)C3)c12. The van der Waals surface area contributed by atoms with Crippen LogP contribution in [0.15, 0.2) is 24.7 Å². The Morgan fingerprint density at radius 2 is 2.15 bits per heavy atom. The Hall–Kier alpha value is -1.64. The van der Waals surface area contributed by atoms with Gasteiger partial charge in [-0.05, 0) is 37.2 Å². The first-order valence-electron chi connectivity index (χ1n) is 7.62. The number of aromatic amines is 1. The molecule has 106 valence electrons. The van der Waals surface area contributed by atoms with Crippen molar-refractivity contribution in [1.82, 2.24) is 15.0 Å². The molecule has 0 aliphatic heterocycles. The van der Waals surface area contributed by atoms with E-state index in [4.69, 9.17) is 0 Å². The lowest BCUT2D eigenvalue weighted by molar-refractivity contribution is 0.465. The maximum absolute atomic E-state index is 4.57. The highest BCUT2D eigenvalue weighted by atomic mass is 14.9. The van der Waals surface area contributed by atoms with Gasteiger partial charge in [0.1, 0.15) is 12.0 Å². The second kappa shape index (κ2) is 5.39. The molecule has 0 radical (unpaired) electrons. The van der Waals surface area contributed by atoms with Gasteiger partial charge in [0.2, 0.25) is 0 Å². The Kier molecular flexibility index (Phi) is 3.60. The van der Waals surface area contributed by atoms with Crippen molar-refractivity contribution < 1.29 is 0 Å². The van der Waals surface area contributed by atoms with E-state index in [1.165, 1.54) is 35.9 Å². The van der Waals surface area contributed by atoms with Crippen LogP contribution in [0.1, 0.15) is 50.3 Å². The molecule has 0 spiro atoms. The quantitative estimate of drug-likeness (QED) is 0.838. The second-order valence-electron chi connectivity index (χ2n) is 6.41. The van der Waals surface area contributed by atoms with E-state index in [0.717, 1.165) is 11.6 Å². The van der Waals surface area contributed by atoms with Gasteiger partial charge >= 0.3 is 0 Å². The lowest BCUT2D eigenvalue weighted by Crippen LogP contribution is -2.02. The highest BCUT2D eigenvalue weighted by Crippen LogP contribution is 2.37. The lowest BCUT2D eigenvalue weighted by atomic mass is 9.93. The summed E-state index contributed by atoms with van der Waals surface area (Å²) in [6.45, 7) is 6.72. The maximum atomic E-state index is 4.57. The summed E-state index contributed by atoms with van der Waals surface area (Å²) < 4.78 is 0. The van der Waals surface area contributed by atoms with E-state index in [1.807, 2.05) is 6.20 Å². The number of fused-ring (bicyclic) bond motifs is 1. The zero-order chi connectivity index (χ0) is 14.1. The summed E-state index contributed by atoms with van der Waals surface area (Å²) >= 11 is 0. The number of rotatable bonds is 4. The fourth-order valence-corrected chi connectivity index (χ4v) is 3.17. The molecule has 1 aliphatic carbocycles. The lowest BCUT2D eigenvalue weighted by Gasteiger charge is -2.13. The van der Waals surface area contributed by atoms with Gasteiger partial charge in [0.25, 0.3) is 0 Å². The van der Waals surface area contributed by atoms with E-state index in [1.54, 1.807) is 6.33 Å². The first-order chi connectivity index (χ1) is 9.65. The predicted molar refractivity (Wildman–Crippen MR) is 82.7 cm³/mol. The van der Waals surface area contributed by atoms with Gasteiger partial charge in [0.15, 0.2) is 0 Å². The largest absolute Gasteiger partial charge is 0.346 e. The van der Waals surface area contributed by atoms with E-state index in [0.29, 0.717) is 11.8 Å². The Balaban J connectivity index is 1.80. The van der Waals surface area contributed by atoms with E-state index in [9.17, 15) is 0 Å². The van der Waals surface area contributed by atoms with Crippen LogP contribution in [-0.2, 0) is 0 Å². The maximum Gasteiger partial charge on any atom is 0.141 e. The monoisotopic (exact) mass is 269 g/mol. The number of aromatic nitrogens is 3. The average molecular weight is 269 g/mol. The molecule has 3 rings (SSSR count). The number of nitrogens with zero attached hydrogens (tertiary/aromatic N) is 2. The molecule has 20 heavy (non-hydrogen) atoms. The fourth-order valence-electron chi connectivity index (χ4n) is 3.17. The molecular weight excluding hydrogens is 246 g/mol. The number of H-pyrrole nitrogens is 1. The van der Waals surface area contributed by atoms with Crippen LogP contribution in [0.4, 0.5) is 0 Å². The summed E-state index contributed by atoms with van der Waals surface area (Å²) in [5.41, 5.74) is 3.40. The molecule has 2 heterocycles. The summed E-state index contributed by atoms with van der Waals surface area (Å²) in [4.78, 5) is 12.1. The van der Waals surface area contributed by atoms with Crippen LogP contribution >= 0.6 is 0 Å². The number of nitrogens with one attached hydrogen (secondary N) is 1. The van der Waals surface area contributed by atoms with Crippen molar-refractivity contribution in [3.63, 3.8) is 0 Å². The van der Waals surface area contributed by atoms with Crippen LogP contribution in [0.5, 0.6) is 0 Å². The van der Waals surface area contributed by atoms with Gasteiger partial charge in [-0.15, -0.1) is 0 Å². The normalized spacial score (nSPS) is 22.2. The third kappa shape index (κ3) is 2.49. The van der Waals surface area contributed by atoms with Gasteiger partial charge in [-0.1, -0.05) is 32.4 Å². The van der Waals surface area contributed by atoms with Crippen LogP contribution in [-0.4, -0.2) is 15.0 Å². The van der Waals surface area contributed by atoms with E-state index in [2.05, 4.69) is 47.9 Å². The zero-order valence-corrected chi connectivity index (χ0v) is 12.6.